The molecule has 2 aromatic carbocycles. The molecular weight excluding hydrogens is 343 g/mol. The summed E-state index contributed by atoms with van der Waals surface area (Å²) in [6.45, 7) is 2.49. The van der Waals surface area contributed by atoms with Crippen LogP contribution in [0.4, 0.5) is 17.5 Å². The Labute approximate surface area is 150 Å². The van der Waals surface area contributed by atoms with Gasteiger partial charge in [0.25, 0.3) is 0 Å². The Morgan fingerprint density at radius 1 is 0.958 bits per heavy atom. The van der Waals surface area contributed by atoms with E-state index in [9.17, 15) is 0 Å². The number of hydrogen-bond donors (Lipinski definition) is 2. The summed E-state index contributed by atoms with van der Waals surface area (Å²) in [7, 11) is 0. The normalized spacial score (nSPS) is 10.5. The van der Waals surface area contributed by atoms with Crippen LogP contribution in [0.5, 0.6) is 0 Å². The van der Waals surface area contributed by atoms with Crippen molar-refractivity contribution in [2.45, 2.75) is 13.5 Å². The third kappa shape index (κ3) is 4.37. The fraction of sp³-hybridized carbons (Fsp3) is 0.111. The SMILES string of the molecule is Cc1cc(Nc2ccc(Cl)cc2)nc(NCc2ccccc2Cl)n1. The van der Waals surface area contributed by atoms with E-state index < -0.39 is 0 Å². The number of nitrogens with zero attached hydrogens (tertiary/aromatic N) is 2. The van der Waals surface area contributed by atoms with Crippen molar-refractivity contribution in [3.63, 3.8) is 0 Å². The molecule has 4 nitrogen and oxygen atoms in total. The van der Waals surface area contributed by atoms with Crippen molar-refractivity contribution in [2.75, 3.05) is 10.6 Å². The van der Waals surface area contributed by atoms with Crippen molar-refractivity contribution in [3.8, 4) is 0 Å². The van der Waals surface area contributed by atoms with Gasteiger partial charge in [-0.2, -0.15) is 4.98 Å². The molecule has 2 N–H and O–H groups in total. The lowest BCUT2D eigenvalue weighted by molar-refractivity contribution is 1.03. The second kappa shape index (κ2) is 7.51. The smallest absolute Gasteiger partial charge is 0.225 e. The minimum absolute atomic E-state index is 0.548. The molecule has 0 aliphatic rings. The van der Waals surface area contributed by atoms with Gasteiger partial charge in [-0.1, -0.05) is 41.4 Å². The summed E-state index contributed by atoms with van der Waals surface area (Å²) in [6.07, 6.45) is 0. The van der Waals surface area contributed by atoms with Gasteiger partial charge >= 0.3 is 0 Å². The molecule has 0 spiro atoms. The van der Waals surface area contributed by atoms with E-state index in [1.54, 1.807) is 0 Å². The van der Waals surface area contributed by atoms with Crippen LogP contribution in [0.1, 0.15) is 11.3 Å². The maximum Gasteiger partial charge on any atom is 0.225 e. The molecular formula is C18H16Cl2N4. The molecule has 0 unspecified atom stereocenters. The highest BCUT2D eigenvalue weighted by Crippen LogP contribution is 2.20. The van der Waals surface area contributed by atoms with Gasteiger partial charge in [0.1, 0.15) is 5.82 Å². The Hall–Kier alpha value is -2.30. The van der Waals surface area contributed by atoms with Gasteiger partial charge in [0.2, 0.25) is 5.95 Å². The Morgan fingerprint density at radius 3 is 2.46 bits per heavy atom. The fourth-order valence-corrected chi connectivity index (χ4v) is 2.54. The first kappa shape index (κ1) is 16.6. The summed E-state index contributed by atoms with van der Waals surface area (Å²) in [5, 5.41) is 7.87. The zero-order valence-electron chi connectivity index (χ0n) is 13.1. The van der Waals surface area contributed by atoms with Crippen LogP contribution in [-0.4, -0.2) is 9.97 Å². The molecule has 0 amide bonds. The number of anilines is 3. The standard InChI is InChI=1S/C18H16Cl2N4/c1-12-10-17(23-15-8-6-14(19)7-9-15)24-18(22-12)21-11-13-4-2-3-5-16(13)20/h2-10H,11H2,1H3,(H2,21,22,23,24). The fourth-order valence-electron chi connectivity index (χ4n) is 2.21. The van der Waals surface area contributed by atoms with E-state index in [0.29, 0.717) is 23.3 Å². The van der Waals surface area contributed by atoms with Crippen LogP contribution in [0.15, 0.2) is 54.6 Å². The lowest BCUT2D eigenvalue weighted by Crippen LogP contribution is -2.06. The lowest BCUT2D eigenvalue weighted by Gasteiger charge is -2.10. The molecule has 0 bridgehead atoms. The number of aryl methyl sites for hydroxylation is 1. The average molecular weight is 359 g/mol. The highest BCUT2D eigenvalue weighted by atomic mass is 35.5. The molecule has 1 aromatic heterocycles. The Morgan fingerprint density at radius 2 is 1.71 bits per heavy atom. The minimum atomic E-state index is 0.548. The van der Waals surface area contributed by atoms with Gasteiger partial charge in [-0.3, -0.25) is 0 Å². The van der Waals surface area contributed by atoms with Crippen LogP contribution in [0, 0.1) is 6.92 Å². The summed E-state index contributed by atoms with van der Waals surface area (Å²) in [6, 6.07) is 17.0. The molecule has 0 atom stereocenters. The Bertz CT molecular complexity index is 835. The molecule has 0 aliphatic carbocycles. The first-order valence-electron chi connectivity index (χ1n) is 7.46. The van der Waals surface area contributed by atoms with E-state index >= 15 is 0 Å². The summed E-state index contributed by atoms with van der Waals surface area (Å²) in [5.41, 5.74) is 2.77. The highest BCUT2D eigenvalue weighted by molar-refractivity contribution is 6.31. The van der Waals surface area contributed by atoms with Gasteiger partial charge in [0.15, 0.2) is 0 Å². The van der Waals surface area contributed by atoms with E-state index in [0.717, 1.165) is 22.0 Å². The van der Waals surface area contributed by atoms with Gasteiger partial charge in [-0.25, -0.2) is 4.98 Å². The molecule has 0 aliphatic heterocycles. The van der Waals surface area contributed by atoms with Gasteiger partial charge in [0, 0.05) is 34.0 Å². The third-order valence-corrected chi connectivity index (χ3v) is 3.99. The number of rotatable bonds is 5. The molecule has 0 radical (unpaired) electrons. The van der Waals surface area contributed by atoms with Crippen LogP contribution in [-0.2, 0) is 6.54 Å². The Balaban J connectivity index is 1.74. The monoisotopic (exact) mass is 358 g/mol. The molecule has 0 saturated heterocycles. The summed E-state index contributed by atoms with van der Waals surface area (Å²) in [4.78, 5) is 8.89. The van der Waals surface area contributed by atoms with Crippen LogP contribution in [0.2, 0.25) is 10.0 Å². The molecule has 24 heavy (non-hydrogen) atoms. The quantitative estimate of drug-likeness (QED) is 0.636. The molecule has 122 valence electrons. The zero-order valence-corrected chi connectivity index (χ0v) is 14.6. The second-order valence-electron chi connectivity index (χ2n) is 5.30. The van der Waals surface area contributed by atoms with Crippen molar-refractivity contribution in [3.05, 3.63) is 75.9 Å². The third-order valence-electron chi connectivity index (χ3n) is 3.37. The lowest BCUT2D eigenvalue weighted by atomic mass is 10.2. The van der Waals surface area contributed by atoms with Crippen LogP contribution in [0.3, 0.4) is 0 Å². The first-order valence-corrected chi connectivity index (χ1v) is 8.21. The van der Waals surface area contributed by atoms with E-state index in [1.807, 2.05) is 61.5 Å². The number of benzene rings is 2. The summed E-state index contributed by atoms with van der Waals surface area (Å²) in [5.74, 6) is 1.26. The van der Waals surface area contributed by atoms with E-state index in [1.165, 1.54) is 0 Å². The van der Waals surface area contributed by atoms with Crippen LogP contribution in [0.25, 0.3) is 0 Å². The van der Waals surface area contributed by atoms with Gasteiger partial charge in [-0.05, 0) is 42.8 Å². The molecule has 1 heterocycles. The zero-order chi connectivity index (χ0) is 16.9. The molecule has 0 saturated carbocycles. The van der Waals surface area contributed by atoms with Gasteiger partial charge in [-0.15, -0.1) is 0 Å². The average Bonchev–Trinajstić information content (AvgIpc) is 2.56. The maximum absolute atomic E-state index is 6.17. The minimum Gasteiger partial charge on any atom is -0.350 e. The summed E-state index contributed by atoms with van der Waals surface area (Å²) < 4.78 is 0. The molecule has 3 rings (SSSR count). The predicted octanol–water partition coefficient (Wildman–Crippen LogP) is 5.45. The van der Waals surface area contributed by atoms with Crippen molar-refractivity contribution < 1.29 is 0 Å². The summed E-state index contributed by atoms with van der Waals surface area (Å²) >= 11 is 12.1. The number of hydrogen-bond acceptors (Lipinski definition) is 4. The molecule has 3 aromatic rings. The molecule has 6 heteroatoms. The highest BCUT2D eigenvalue weighted by Gasteiger charge is 2.04. The van der Waals surface area contributed by atoms with Crippen molar-refractivity contribution >= 4 is 40.7 Å². The van der Waals surface area contributed by atoms with E-state index in [-0.39, 0.29) is 0 Å². The first-order chi connectivity index (χ1) is 11.6. The maximum atomic E-state index is 6.17. The van der Waals surface area contributed by atoms with E-state index in [2.05, 4.69) is 20.6 Å². The van der Waals surface area contributed by atoms with E-state index in [4.69, 9.17) is 23.2 Å². The van der Waals surface area contributed by atoms with Crippen molar-refractivity contribution in [2.24, 2.45) is 0 Å². The van der Waals surface area contributed by atoms with Gasteiger partial charge in [0.05, 0.1) is 0 Å². The number of aromatic nitrogens is 2. The molecule has 0 fully saturated rings. The number of nitrogens with one attached hydrogen (secondary N) is 2. The largest absolute Gasteiger partial charge is 0.350 e. The number of halogens is 2. The topological polar surface area (TPSA) is 49.8 Å². The van der Waals surface area contributed by atoms with Crippen molar-refractivity contribution in [1.29, 1.82) is 0 Å². The Kier molecular flexibility index (Phi) is 5.18. The van der Waals surface area contributed by atoms with Crippen LogP contribution < -0.4 is 10.6 Å². The van der Waals surface area contributed by atoms with Crippen LogP contribution >= 0.6 is 23.2 Å². The predicted molar refractivity (Wildman–Crippen MR) is 100 cm³/mol. The van der Waals surface area contributed by atoms with Crippen molar-refractivity contribution in [1.82, 2.24) is 9.97 Å². The van der Waals surface area contributed by atoms with Gasteiger partial charge < -0.3 is 10.6 Å². The second-order valence-corrected chi connectivity index (χ2v) is 6.14.